The summed E-state index contributed by atoms with van der Waals surface area (Å²) in [4.78, 5) is 12.2. The zero-order valence-corrected chi connectivity index (χ0v) is 22.2. The fraction of sp³-hybridized carbons (Fsp3) is 0.962. The molecule has 0 bridgehead atoms. The molecule has 1 amide bonds. The van der Waals surface area contributed by atoms with E-state index in [2.05, 4.69) is 26.1 Å². The van der Waals surface area contributed by atoms with Crippen LogP contribution in [0.3, 0.4) is 0 Å². The molecular formula is C26H45NO7S. The molecule has 4 fully saturated rings. The lowest BCUT2D eigenvalue weighted by molar-refractivity contribution is -0.207. The van der Waals surface area contributed by atoms with Crippen LogP contribution in [0.15, 0.2) is 0 Å². The number of aliphatic hydroxyl groups is 3. The highest BCUT2D eigenvalue weighted by atomic mass is 32.2. The second-order valence-electron chi connectivity index (χ2n) is 12.6. The number of rotatable bonds is 7. The second kappa shape index (κ2) is 9.86. The Balaban J connectivity index is 1.42. The van der Waals surface area contributed by atoms with E-state index in [9.17, 15) is 28.5 Å². The minimum atomic E-state index is -4.09. The van der Waals surface area contributed by atoms with Crippen molar-refractivity contribution >= 4 is 16.0 Å². The molecule has 4 aliphatic carbocycles. The van der Waals surface area contributed by atoms with Crippen LogP contribution in [0.1, 0.15) is 78.6 Å². The van der Waals surface area contributed by atoms with Gasteiger partial charge in [-0.3, -0.25) is 9.35 Å². The molecule has 4 aliphatic rings. The van der Waals surface area contributed by atoms with Crippen LogP contribution in [-0.2, 0) is 14.9 Å². The van der Waals surface area contributed by atoms with E-state index in [0.29, 0.717) is 49.4 Å². The van der Waals surface area contributed by atoms with Crippen molar-refractivity contribution in [1.82, 2.24) is 5.32 Å². The molecule has 4 rings (SSSR count). The Hall–Kier alpha value is -0.740. The number of carbonyl (C=O) groups is 1. The number of amides is 1. The van der Waals surface area contributed by atoms with Crippen LogP contribution in [0, 0.1) is 46.3 Å². The third kappa shape index (κ3) is 4.92. The molecule has 8 nitrogen and oxygen atoms in total. The summed E-state index contributed by atoms with van der Waals surface area (Å²) in [6, 6.07) is 0. The van der Waals surface area contributed by atoms with Gasteiger partial charge in [0.2, 0.25) is 5.91 Å². The predicted octanol–water partition coefficient (Wildman–Crippen LogP) is 2.37. The van der Waals surface area contributed by atoms with E-state index < -0.39 is 34.2 Å². The fourth-order valence-corrected chi connectivity index (χ4v) is 9.55. The first-order valence-corrected chi connectivity index (χ1v) is 15.1. The molecule has 9 heteroatoms. The third-order valence-electron chi connectivity index (χ3n) is 11.1. The van der Waals surface area contributed by atoms with Crippen LogP contribution in [0.4, 0.5) is 0 Å². The molecule has 0 aromatic heterocycles. The Kier molecular flexibility index (Phi) is 7.69. The average molecular weight is 516 g/mol. The normalized spacial score (nSPS) is 46.3. The summed E-state index contributed by atoms with van der Waals surface area (Å²) in [5.41, 5.74) is -0.474. The zero-order chi connectivity index (χ0) is 25.8. The Morgan fingerprint density at radius 3 is 2.34 bits per heavy atom. The van der Waals surface area contributed by atoms with Crippen molar-refractivity contribution in [3.05, 3.63) is 0 Å². The summed E-state index contributed by atoms with van der Waals surface area (Å²) in [7, 11) is -4.09. The van der Waals surface area contributed by atoms with Gasteiger partial charge in [-0.2, -0.15) is 8.42 Å². The maximum atomic E-state index is 12.2. The van der Waals surface area contributed by atoms with Crippen molar-refractivity contribution in [3.8, 4) is 0 Å². The van der Waals surface area contributed by atoms with Crippen LogP contribution in [0.2, 0.25) is 0 Å². The molecule has 11 atom stereocenters. The van der Waals surface area contributed by atoms with E-state index in [4.69, 9.17) is 4.55 Å². The second-order valence-corrected chi connectivity index (χ2v) is 14.2. The van der Waals surface area contributed by atoms with Crippen molar-refractivity contribution in [2.45, 2.75) is 96.9 Å². The summed E-state index contributed by atoms with van der Waals surface area (Å²) < 4.78 is 30.5. The van der Waals surface area contributed by atoms with Crippen LogP contribution in [0.5, 0.6) is 0 Å². The highest BCUT2D eigenvalue weighted by Crippen LogP contribution is 2.68. The number of carbonyl (C=O) groups excluding carboxylic acids is 1. The Bertz CT molecular complexity index is 896. The number of nitrogens with one attached hydrogen (secondary N) is 1. The van der Waals surface area contributed by atoms with Crippen LogP contribution < -0.4 is 5.32 Å². The molecule has 0 spiro atoms. The van der Waals surface area contributed by atoms with Gasteiger partial charge in [-0.25, -0.2) is 0 Å². The molecular weight excluding hydrogens is 470 g/mol. The van der Waals surface area contributed by atoms with Gasteiger partial charge in [0, 0.05) is 13.0 Å². The first kappa shape index (κ1) is 27.3. The topological polar surface area (TPSA) is 144 Å². The third-order valence-corrected chi connectivity index (χ3v) is 11.8. The fourth-order valence-electron chi connectivity index (χ4n) is 9.19. The van der Waals surface area contributed by atoms with E-state index in [1.54, 1.807) is 0 Å². The molecule has 0 saturated heterocycles. The number of aliphatic hydroxyl groups excluding tert-OH is 3. The summed E-state index contributed by atoms with van der Waals surface area (Å²) in [5.74, 6) is 1.26. The molecule has 4 saturated carbocycles. The first-order valence-electron chi connectivity index (χ1n) is 13.5. The summed E-state index contributed by atoms with van der Waals surface area (Å²) in [5, 5.41) is 35.6. The van der Waals surface area contributed by atoms with Crippen molar-refractivity contribution in [2.24, 2.45) is 46.3 Å². The van der Waals surface area contributed by atoms with Crippen LogP contribution >= 0.6 is 0 Å². The molecule has 5 N–H and O–H groups in total. The molecule has 0 unspecified atom stereocenters. The summed E-state index contributed by atoms with van der Waals surface area (Å²) >= 11 is 0. The van der Waals surface area contributed by atoms with Crippen LogP contribution in [-0.4, -0.2) is 64.8 Å². The van der Waals surface area contributed by atoms with E-state index in [-0.39, 0.29) is 35.1 Å². The number of hydrogen-bond acceptors (Lipinski definition) is 6. The van der Waals surface area contributed by atoms with Crippen LogP contribution in [0.25, 0.3) is 0 Å². The lowest BCUT2D eigenvalue weighted by Gasteiger charge is -2.63. The predicted molar refractivity (Wildman–Crippen MR) is 132 cm³/mol. The van der Waals surface area contributed by atoms with E-state index >= 15 is 0 Å². The highest BCUT2D eigenvalue weighted by Gasteiger charge is 2.65. The maximum Gasteiger partial charge on any atom is 0.266 e. The van der Waals surface area contributed by atoms with Gasteiger partial charge in [0.25, 0.3) is 10.1 Å². The van der Waals surface area contributed by atoms with Crippen molar-refractivity contribution in [1.29, 1.82) is 0 Å². The van der Waals surface area contributed by atoms with Gasteiger partial charge in [-0.1, -0.05) is 20.8 Å². The maximum absolute atomic E-state index is 12.2. The Morgan fingerprint density at radius 2 is 1.66 bits per heavy atom. The average Bonchev–Trinajstić information content (AvgIpc) is 3.12. The Morgan fingerprint density at radius 1 is 0.971 bits per heavy atom. The molecule has 35 heavy (non-hydrogen) atoms. The van der Waals surface area contributed by atoms with Gasteiger partial charge in [0.15, 0.2) is 0 Å². The highest BCUT2D eigenvalue weighted by molar-refractivity contribution is 7.85. The molecule has 0 aromatic carbocycles. The van der Waals surface area contributed by atoms with Gasteiger partial charge in [0.05, 0.1) is 24.1 Å². The summed E-state index contributed by atoms with van der Waals surface area (Å²) in [6.45, 7) is 6.51. The van der Waals surface area contributed by atoms with Crippen molar-refractivity contribution in [3.63, 3.8) is 0 Å². The van der Waals surface area contributed by atoms with Gasteiger partial charge >= 0.3 is 0 Å². The van der Waals surface area contributed by atoms with Gasteiger partial charge in [0.1, 0.15) is 0 Å². The SMILES string of the molecule is C[C@H](CCC(=O)NCCS(=O)(=O)O)[C@H]1CC[C@H]2[C@@H]3CC[C@@H]4C[C@H](O)C[C@@H](O)[C@]4(C)[C@H]3C[C@H](O)[C@]12C. The monoisotopic (exact) mass is 515 g/mol. The quantitative estimate of drug-likeness (QED) is 0.327. The minimum absolute atomic E-state index is 0.0975. The molecule has 0 radical (unpaired) electrons. The molecule has 0 heterocycles. The van der Waals surface area contributed by atoms with E-state index in [1.807, 2.05) is 0 Å². The van der Waals surface area contributed by atoms with Crippen molar-refractivity contribution < 1.29 is 33.1 Å². The van der Waals surface area contributed by atoms with Gasteiger partial charge in [-0.05, 0) is 97.7 Å². The zero-order valence-electron chi connectivity index (χ0n) is 21.4. The number of fused-ring (bicyclic) bond motifs is 5. The lowest BCUT2D eigenvalue weighted by Crippen LogP contribution is -2.62. The Labute approximate surface area is 210 Å². The lowest BCUT2D eigenvalue weighted by atomic mass is 9.43. The van der Waals surface area contributed by atoms with Gasteiger partial charge in [-0.15, -0.1) is 0 Å². The van der Waals surface area contributed by atoms with E-state index in [1.165, 1.54) is 0 Å². The smallest absolute Gasteiger partial charge is 0.266 e. The first-order chi connectivity index (χ1) is 16.3. The van der Waals surface area contributed by atoms with E-state index in [0.717, 1.165) is 32.1 Å². The molecule has 0 aromatic rings. The molecule has 202 valence electrons. The van der Waals surface area contributed by atoms with Gasteiger partial charge < -0.3 is 20.6 Å². The summed E-state index contributed by atoms with van der Waals surface area (Å²) in [6.07, 6.45) is 5.62. The standard InChI is InChI=1S/C26H45NO7S/c1-15(4-9-24(31)27-10-11-35(32,33)34)19-7-8-20-18-6-5-16-12-17(28)13-22(29)25(16,2)21(18)14-23(30)26(19,20)3/h15-23,28-30H,4-14H2,1-3H3,(H,27,31)(H,32,33,34)/t15-,16-,17+,18+,19-,20+,21+,22-,23+,25+,26-/m1/s1. The number of hydrogen-bond donors (Lipinski definition) is 5. The van der Waals surface area contributed by atoms with Crippen molar-refractivity contribution in [2.75, 3.05) is 12.3 Å². The molecule has 0 aliphatic heterocycles. The minimum Gasteiger partial charge on any atom is -0.393 e. The largest absolute Gasteiger partial charge is 0.393 e.